The number of carbonyl (C=O) groups excluding carboxylic acids is 2. The summed E-state index contributed by atoms with van der Waals surface area (Å²) in [4.78, 5) is 24.8. The molecule has 2 aromatic rings. The van der Waals surface area contributed by atoms with Crippen molar-refractivity contribution in [3.63, 3.8) is 0 Å². The molecule has 1 aliphatic carbocycles. The van der Waals surface area contributed by atoms with E-state index in [0.717, 1.165) is 23.4 Å². The van der Waals surface area contributed by atoms with Gasteiger partial charge in [-0.15, -0.1) is 0 Å². The zero-order valence-electron chi connectivity index (χ0n) is 15.5. The third kappa shape index (κ3) is 4.32. The maximum atomic E-state index is 13.2. The Morgan fingerprint density at radius 3 is 2.19 bits per heavy atom. The van der Waals surface area contributed by atoms with Crippen molar-refractivity contribution in [2.24, 2.45) is 11.8 Å². The van der Waals surface area contributed by atoms with Crippen LogP contribution in [0.3, 0.4) is 0 Å². The Kier molecular flexibility index (Phi) is 5.00. The van der Waals surface area contributed by atoms with Crippen LogP contribution < -0.4 is 10.6 Å². The second-order valence-electron chi connectivity index (χ2n) is 7.85. The zero-order valence-corrected chi connectivity index (χ0v) is 15.5. The summed E-state index contributed by atoms with van der Waals surface area (Å²) in [5.41, 5.74) is 1.79. The fourth-order valence-corrected chi connectivity index (χ4v) is 3.05. The van der Waals surface area contributed by atoms with Gasteiger partial charge in [0.1, 0.15) is 0 Å². The van der Waals surface area contributed by atoms with Gasteiger partial charge in [-0.3, -0.25) is 9.59 Å². The molecule has 2 atom stereocenters. The van der Waals surface area contributed by atoms with E-state index >= 15 is 0 Å². The Balaban J connectivity index is 1.62. The van der Waals surface area contributed by atoms with Crippen molar-refractivity contribution in [2.75, 3.05) is 10.6 Å². The van der Waals surface area contributed by atoms with Crippen LogP contribution in [-0.4, -0.2) is 11.8 Å². The van der Waals surface area contributed by atoms with Gasteiger partial charge in [0.25, 0.3) is 0 Å². The molecule has 3 rings (SSSR count). The van der Waals surface area contributed by atoms with E-state index in [1.807, 2.05) is 24.3 Å². The van der Waals surface area contributed by atoms with Gasteiger partial charge < -0.3 is 10.6 Å². The van der Waals surface area contributed by atoms with Gasteiger partial charge in [0.15, 0.2) is 11.6 Å². The summed E-state index contributed by atoms with van der Waals surface area (Å²) >= 11 is 0. The third-order valence-electron chi connectivity index (χ3n) is 4.64. The molecule has 0 radical (unpaired) electrons. The Morgan fingerprint density at radius 1 is 0.926 bits per heavy atom. The van der Waals surface area contributed by atoms with Gasteiger partial charge in [0, 0.05) is 17.4 Å². The number of hydrogen-bond donors (Lipinski definition) is 2. The SMILES string of the molecule is CC(C)(C)c1ccccc1NC(=O)C1CC1C(=O)Nc1ccc(F)c(F)c1. The van der Waals surface area contributed by atoms with Crippen LogP contribution >= 0.6 is 0 Å². The van der Waals surface area contributed by atoms with E-state index in [9.17, 15) is 18.4 Å². The maximum Gasteiger partial charge on any atom is 0.228 e. The van der Waals surface area contributed by atoms with Gasteiger partial charge in [-0.05, 0) is 35.6 Å². The quantitative estimate of drug-likeness (QED) is 0.832. The average Bonchev–Trinajstić information content (AvgIpc) is 3.39. The van der Waals surface area contributed by atoms with Crippen molar-refractivity contribution in [1.29, 1.82) is 0 Å². The van der Waals surface area contributed by atoms with E-state index in [1.165, 1.54) is 6.07 Å². The van der Waals surface area contributed by atoms with Gasteiger partial charge in [-0.1, -0.05) is 39.0 Å². The highest BCUT2D eigenvalue weighted by Crippen LogP contribution is 2.41. The first kappa shape index (κ1) is 19.0. The largest absolute Gasteiger partial charge is 0.326 e. The highest BCUT2D eigenvalue weighted by molar-refractivity contribution is 6.03. The molecule has 0 aliphatic heterocycles. The molecule has 2 amide bonds. The molecular formula is C21H22F2N2O2. The molecule has 2 N–H and O–H groups in total. The highest BCUT2D eigenvalue weighted by atomic mass is 19.2. The molecule has 4 nitrogen and oxygen atoms in total. The molecule has 0 saturated heterocycles. The summed E-state index contributed by atoms with van der Waals surface area (Å²) in [7, 11) is 0. The number of carbonyl (C=O) groups is 2. The lowest BCUT2D eigenvalue weighted by Crippen LogP contribution is -2.22. The number of rotatable bonds is 4. The highest BCUT2D eigenvalue weighted by Gasteiger charge is 2.48. The van der Waals surface area contributed by atoms with Crippen molar-refractivity contribution in [2.45, 2.75) is 32.6 Å². The Hall–Kier alpha value is -2.76. The molecule has 6 heteroatoms. The van der Waals surface area contributed by atoms with E-state index in [1.54, 1.807) is 0 Å². The molecule has 1 aliphatic rings. The minimum Gasteiger partial charge on any atom is -0.326 e. The van der Waals surface area contributed by atoms with Crippen molar-refractivity contribution >= 4 is 23.2 Å². The predicted molar refractivity (Wildman–Crippen MR) is 100 cm³/mol. The molecule has 142 valence electrons. The lowest BCUT2D eigenvalue weighted by Gasteiger charge is -2.23. The molecule has 2 unspecified atom stereocenters. The molecule has 2 aromatic carbocycles. The molecule has 27 heavy (non-hydrogen) atoms. The second-order valence-corrected chi connectivity index (χ2v) is 7.85. The smallest absolute Gasteiger partial charge is 0.228 e. The first-order valence-electron chi connectivity index (χ1n) is 8.83. The van der Waals surface area contributed by atoms with Gasteiger partial charge in [0.2, 0.25) is 11.8 Å². The topological polar surface area (TPSA) is 58.2 Å². The number of amides is 2. The first-order valence-corrected chi connectivity index (χ1v) is 8.83. The second kappa shape index (κ2) is 7.10. The lowest BCUT2D eigenvalue weighted by molar-refractivity contribution is -0.122. The van der Waals surface area contributed by atoms with E-state index < -0.39 is 23.5 Å². The normalized spacial score (nSPS) is 18.7. The molecular weight excluding hydrogens is 350 g/mol. The van der Waals surface area contributed by atoms with Gasteiger partial charge in [0.05, 0.1) is 11.8 Å². The van der Waals surface area contributed by atoms with Gasteiger partial charge >= 0.3 is 0 Å². The fraction of sp³-hybridized carbons (Fsp3) is 0.333. The van der Waals surface area contributed by atoms with E-state index in [-0.39, 0.29) is 22.9 Å². The van der Waals surface area contributed by atoms with Crippen LogP contribution in [0.15, 0.2) is 42.5 Å². The van der Waals surface area contributed by atoms with Crippen LogP contribution in [0.5, 0.6) is 0 Å². The van der Waals surface area contributed by atoms with Crippen molar-refractivity contribution in [3.05, 3.63) is 59.7 Å². The predicted octanol–water partition coefficient (Wildman–Crippen LogP) is 4.48. The minimum atomic E-state index is -1.03. The zero-order chi connectivity index (χ0) is 19.8. The monoisotopic (exact) mass is 372 g/mol. The molecule has 0 aromatic heterocycles. The van der Waals surface area contributed by atoms with Crippen LogP contribution in [0, 0.1) is 23.5 Å². The number of para-hydroxylation sites is 1. The maximum absolute atomic E-state index is 13.2. The Bertz CT molecular complexity index is 890. The van der Waals surface area contributed by atoms with Crippen molar-refractivity contribution in [1.82, 2.24) is 0 Å². The van der Waals surface area contributed by atoms with Crippen LogP contribution in [-0.2, 0) is 15.0 Å². The number of hydrogen-bond acceptors (Lipinski definition) is 2. The molecule has 0 bridgehead atoms. The van der Waals surface area contributed by atoms with E-state index in [0.29, 0.717) is 6.42 Å². The van der Waals surface area contributed by atoms with Crippen LogP contribution in [0.25, 0.3) is 0 Å². The molecule has 0 heterocycles. The lowest BCUT2D eigenvalue weighted by atomic mass is 9.86. The summed E-state index contributed by atoms with van der Waals surface area (Å²) in [5, 5.41) is 5.45. The number of benzene rings is 2. The Labute approximate surface area is 157 Å². The summed E-state index contributed by atoms with van der Waals surface area (Å²) in [5.74, 6) is -3.49. The van der Waals surface area contributed by atoms with Crippen molar-refractivity contribution in [3.8, 4) is 0 Å². The molecule has 1 saturated carbocycles. The van der Waals surface area contributed by atoms with Crippen molar-refractivity contribution < 1.29 is 18.4 Å². The van der Waals surface area contributed by atoms with Crippen LogP contribution in [0.1, 0.15) is 32.8 Å². The first-order chi connectivity index (χ1) is 12.7. The molecule has 0 spiro atoms. The Morgan fingerprint density at radius 2 is 1.56 bits per heavy atom. The fourth-order valence-electron chi connectivity index (χ4n) is 3.05. The van der Waals surface area contributed by atoms with E-state index in [4.69, 9.17) is 0 Å². The number of halogens is 2. The minimum absolute atomic E-state index is 0.128. The van der Waals surface area contributed by atoms with E-state index in [2.05, 4.69) is 31.4 Å². The number of anilines is 2. The van der Waals surface area contributed by atoms with Crippen LogP contribution in [0.4, 0.5) is 20.2 Å². The summed E-state index contributed by atoms with van der Waals surface area (Å²) in [6.45, 7) is 6.19. The standard InChI is InChI=1S/C21H22F2N2O2/c1-21(2,3)15-6-4-5-7-18(15)25-20(27)14-11-13(14)19(26)24-12-8-9-16(22)17(23)10-12/h4-10,13-14H,11H2,1-3H3,(H,24,26)(H,25,27). The summed E-state index contributed by atoms with van der Waals surface area (Å²) in [6.07, 6.45) is 0.430. The summed E-state index contributed by atoms with van der Waals surface area (Å²) in [6, 6.07) is 10.7. The number of nitrogens with one attached hydrogen (secondary N) is 2. The van der Waals surface area contributed by atoms with Gasteiger partial charge in [-0.25, -0.2) is 8.78 Å². The molecule has 1 fully saturated rings. The summed E-state index contributed by atoms with van der Waals surface area (Å²) < 4.78 is 26.2. The average molecular weight is 372 g/mol. The van der Waals surface area contributed by atoms with Crippen LogP contribution in [0.2, 0.25) is 0 Å². The third-order valence-corrected chi connectivity index (χ3v) is 4.64. The van der Waals surface area contributed by atoms with Gasteiger partial charge in [-0.2, -0.15) is 0 Å².